The van der Waals surface area contributed by atoms with Crippen LogP contribution in [0.25, 0.3) is 22.6 Å². The minimum Gasteiger partial charge on any atom is -0.484 e. The first-order chi connectivity index (χ1) is 14.9. The third kappa shape index (κ3) is 4.49. The van der Waals surface area contributed by atoms with Gasteiger partial charge in [-0.3, -0.25) is 14.9 Å². The van der Waals surface area contributed by atoms with Crippen molar-refractivity contribution < 1.29 is 18.9 Å². The van der Waals surface area contributed by atoms with Crippen LogP contribution in [0.1, 0.15) is 5.56 Å². The molecule has 0 aliphatic heterocycles. The van der Waals surface area contributed by atoms with Crippen LogP contribution in [0.4, 0.5) is 11.4 Å². The minimum atomic E-state index is -0.502. The molecule has 0 atom stereocenters. The standard InChI is InChI=1S/C22H16ClN3O5/c1-13-17(22-25-19-11-14(23)5-10-20(19)31-22)3-2-4-18(13)24-21(27)12-30-16-8-6-15(7-9-16)26(28)29/h2-11H,12H2,1H3,(H,24,27). The van der Waals surface area contributed by atoms with Gasteiger partial charge in [-0.15, -0.1) is 0 Å². The number of amides is 1. The lowest BCUT2D eigenvalue weighted by Crippen LogP contribution is -2.20. The molecule has 31 heavy (non-hydrogen) atoms. The number of nitro groups is 1. The van der Waals surface area contributed by atoms with E-state index in [1.807, 2.05) is 13.0 Å². The molecular formula is C22H16ClN3O5. The summed E-state index contributed by atoms with van der Waals surface area (Å²) in [5, 5.41) is 14.1. The molecule has 0 saturated carbocycles. The average Bonchev–Trinajstić information content (AvgIpc) is 3.17. The molecule has 156 valence electrons. The van der Waals surface area contributed by atoms with Crippen LogP contribution in [0.3, 0.4) is 0 Å². The third-order valence-corrected chi connectivity index (χ3v) is 4.84. The summed E-state index contributed by atoms with van der Waals surface area (Å²) >= 11 is 6.01. The van der Waals surface area contributed by atoms with Crippen LogP contribution in [-0.4, -0.2) is 22.4 Å². The number of fused-ring (bicyclic) bond motifs is 1. The second-order valence-corrected chi connectivity index (χ2v) is 7.13. The van der Waals surface area contributed by atoms with Gasteiger partial charge in [0.05, 0.1) is 4.92 Å². The van der Waals surface area contributed by atoms with Crippen molar-refractivity contribution in [1.82, 2.24) is 4.98 Å². The predicted octanol–water partition coefficient (Wildman–Crippen LogP) is 5.38. The summed E-state index contributed by atoms with van der Waals surface area (Å²) in [6.07, 6.45) is 0. The number of nitrogens with one attached hydrogen (secondary N) is 1. The van der Waals surface area contributed by atoms with Crippen molar-refractivity contribution in [3.63, 3.8) is 0 Å². The average molecular weight is 438 g/mol. The molecule has 4 aromatic rings. The Kier molecular flexibility index (Phi) is 5.55. The summed E-state index contributed by atoms with van der Waals surface area (Å²) in [5.41, 5.74) is 3.32. The molecule has 1 aromatic heterocycles. The molecule has 0 radical (unpaired) electrons. The van der Waals surface area contributed by atoms with Gasteiger partial charge >= 0.3 is 0 Å². The van der Waals surface area contributed by atoms with E-state index in [1.54, 1.807) is 30.3 Å². The highest BCUT2D eigenvalue weighted by atomic mass is 35.5. The number of hydrogen-bond acceptors (Lipinski definition) is 6. The second-order valence-electron chi connectivity index (χ2n) is 6.70. The first kappa shape index (κ1) is 20.4. The van der Waals surface area contributed by atoms with Gasteiger partial charge in [-0.25, -0.2) is 4.98 Å². The van der Waals surface area contributed by atoms with Crippen molar-refractivity contribution in [2.45, 2.75) is 6.92 Å². The van der Waals surface area contributed by atoms with Crippen LogP contribution >= 0.6 is 11.6 Å². The van der Waals surface area contributed by atoms with Gasteiger partial charge in [-0.1, -0.05) is 17.7 Å². The van der Waals surface area contributed by atoms with Crippen LogP contribution in [0.5, 0.6) is 5.75 Å². The lowest BCUT2D eigenvalue weighted by atomic mass is 10.1. The van der Waals surface area contributed by atoms with Gasteiger partial charge in [-0.05, 0) is 55.0 Å². The normalized spacial score (nSPS) is 10.8. The lowest BCUT2D eigenvalue weighted by Gasteiger charge is -2.11. The van der Waals surface area contributed by atoms with E-state index >= 15 is 0 Å². The maximum absolute atomic E-state index is 12.3. The van der Waals surface area contributed by atoms with Gasteiger partial charge in [-0.2, -0.15) is 0 Å². The van der Waals surface area contributed by atoms with Gasteiger partial charge in [0.1, 0.15) is 11.3 Å². The number of ether oxygens (including phenoxy) is 1. The molecule has 0 fully saturated rings. The summed E-state index contributed by atoms with van der Waals surface area (Å²) in [6.45, 7) is 1.60. The Bertz CT molecular complexity index is 1280. The van der Waals surface area contributed by atoms with E-state index < -0.39 is 4.92 Å². The molecule has 0 aliphatic carbocycles. The number of non-ortho nitro benzene ring substituents is 1. The number of nitro benzene ring substituents is 1. The highest BCUT2D eigenvalue weighted by Gasteiger charge is 2.15. The zero-order valence-electron chi connectivity index (χ0n) is 16.3. The molecule has 1 heterocycles. The second kappa shape index (κ2) is 8.45. The van der Waals surface area contributed by atoms with Crippen LogP contribution in [0.2, 0.25) is 5.02 Å². The van der Waals surface area contributed by atoms with Gasteiger partial charge in [0.25, 0.3) is 11.6 Å². The number of benzene rings is 3. The fraction of sp³-hybridized carbons (Fsp3) is 0.0909. The number of aromatic nitrogens is 1. The Morgan fingerprint density at radius 2 is 1.97 bits per heavy atom. The molecule has 0 saturated heterocycles. The summed E-state index contributed by atoms with van der Waals surface area (Å²) in [5.74, 6) is 0.410. The van der Waals surface area contributed by atoms with E-state index in [4.69, 9.17) is 20.8 Å². The van der Waals surface area contributed by atoms with E-state index in [0.717, 1.165) is 11.1 Å². The molecule has 0 aliphatic rings. The van der Waals surface area contributed by atoms with Crippen molar-refractivity contribution >= 4 is 40.0 Å². The molecule has 1 amide bonds. The Morgan fingerprint density at radius 3 is 2.71 bits per heavy atom. The maximum atomic E-state index is 12.3. The summed E-state index contributed by atoms with van der Waals surface area (Å²) < 4.78 is 11.2. The number of carbonyl (C=O) groups excluding carboxylic acids is 1. The number of hydrogen-bond donors (Lipinski definition) is 1. The quantitative estimate of drug-likeness (QED) is 0.320. The van der Waals surface area contributed by atoms with Gasteiger partial charge in [0.2, 0.25) is 5.89 Å². The zero-order valence-corrected chi connectivity index (χ0v) is 17.1. The van der Waals surface area contributed by atoms with Gasteiger partial charge < -0.3 is 14.5 Å². The van der Waals surface area contributed by atoms with Crippen molar-refractivity contribution in [2.24, 2.45) is 0 Å². The van der Waals surface area contributed by atoms with Crippen molar-refractivity contribution in [2.75, 3.05) is 11.9 Å². The number of rotatable bonds is 6. The van der Waals surface area contributed by atoms with Crippen LogP contribution < -0.4 is 10.1 Å². The molecule has 0 spiro atoms. The van der Waals surface area contributed by atoms with Gasteiger partial charge in [0.15, 0.2) is 12.2 Å². The highest BCUT2D eigenvalue weighted by molar-refractivity contribution is 6.31. The molecule has 9 heteroatoms. The van der Waals surface area contributed by atoms with Gasteiger partial charge in [0, 0.05) is 28.4 Å². The minimum absolute atomic E-state index is 0.0503. The monoisotopic (exact) mass is 437 g/mol. The maximum Gasteiger partial charge on any atom is 0.269 e. The van der Waals surface area contributed by atoms with Crippen molar-refractivity contribution in [3.05, 3.63) is 81.4 Å². The number of nitrogens with zero attached hydrogens (tertiary/aromatic N) is 2. The SMILES string of the molecule is Cc1c(NC(=O)COc2ccc([N+](=O)[O-])cc2)cccc1-c1nc2cc(Cl)ccc2o1. The van der Waals surface area contributed by atoms with E-state index in [1.165, 1.54) is 24.3 Å². The smallest absolute Gasteiger partial charge is 0.269 e. The van der Waals surface area contributed by atoms with Crippen molar-refractivity contribution in [3.8, 4) is 17.2 Å². The fourth-order valence-corrected chi connectivity index (χ4v) is 3.18. The molecule has 4 rings (SSSR count). The summed E-state index contributed by atoms with van der Waals surface area (Å²) in [7, 11) is 0. The Hall–Kier alpha value is -3.91. The van der Waals surface area contributed by atoms with Crippen molar-refractivity contribution in [1.29, 1.82) is 0 Å². The number of halogens is 1. The van der Waals surface area contributed by atoms with E-state index in [2.05, 4.69) is 10.3 Å². The molecule has 8 nitrogen and oxygen atoms in total. The van der Waals surface area contributed by atoms with E-state index in [0.29, 0.717) is 33.4 Å². The summed E-state index contributed by atoms with van der Waals surface area (Å²) in [4.78, 5) is 27.0. The van der Waals surface area contributed by atoms with Crippen LogP contribution in [-0.2, 0) is 4.79 Å². The molecule has 1 N–H and O–H groups in total. The van der Waals surface area contributed by atoms with Crippen LogP contribution in [0.15, 0.2) is 65.1 Å². The first-order valence-electron chi connectivity index (χ1n) is 9.24. The number of anilines is 1. The topological polar surface area (TPSA) is 108 Å². The van der Waals surface area contributed by atoms with E-state index in [9.17, 15) is 14.9 Å². The molecule has 0 unspecified atom stereocenters. The molecule has 3 aromatic carbocycles. The highest BCUT2D eigenvalue weighted by Crippen LogP contribution is 2.31. The first-order valence-corrected chi connectivity index (χ1v) is 9.62. The molecular weight excluding hydrogens is 422 g/mol. The largest absolute Gasteiger partial charge is 0.484 e. The Morgan fingerprint density at radius 1 is 1.19 bits per heavy atom. The number of oxazole rings is 1. The Balaban J connectivity index is 1.47. The lowest BCUT2D eigenvalue weighted by molar-refractivity contribution is -0.384. The summed E-state index contributed by atoms with van der Waals surface area (Å²) in [6, 6.07) is 16.1. The fourth-order valence-electron chi connectivity index (χ4n) is 3.02. The number of carbonyl (C=O) groups is 1. The van der Waals surface area contributed by atoms with E-state index in [-0.39, 0.29) is 18.2 Å². The third-order valence-electron chi connectivity index (χ3n) is 4.61. The molecule has 0 bridgehead atoms. The van der Waals surface area contributed by atoms with Crippen LogP contribution in [0, 0.1) is 17.0 Å². The Labute approximate surface area is 181 Å². The predicted molar refractivity (Wildman–Crippen MR) is 116 cm³/mol. The zero-order chi connectivity index (χ0) is 22.0.